The van der Waals surface area contributed by atoms with Gasteiger partial charge in [0.15, 0.2) is 17.3 Å². The number of Topliss-reactive ketones (excluding diaryl/α,β-unsaturated/α-hetero) is 3. The summed E-state index contributed by atoms with van der Waals surface area (Å²) in [5.41, 5.74) is 1.71. The zero-order chi connectivity index (χ0) is 23.8. The lowest BCUT2D eigenvalue weighted by Gasteiger charge is -2.37. The number of hydrogen-bond acceptors (Lipinski definition) is 4. The Balaban J connectivity index is 1.68. The number of anilines is 1. The first-order valence-corrected chi connectivity index (χ1v) is 11.8. The van der Waals surface area contributed by atoms with Gasteiger partial charge in [-0.2, -0.15) is 0 Å². The molecule has 3 aromatic rings. The highest BCUT2D eigenvalue weighted by Crippen LogP contribution is 2.60. The molecule has 3 aromatic carbocycles. The summed E-state index contributed by atoms with van der Waals surface area (Å²) in [6.45, 7) is 1.52. The molecule has 0 amide bonds. The maximum absolute atomic E-state index is 14.2. The van der Waals surface area contributed by atoms with Gasteiger partial charge in [0.1, 0.15) is 5.41 Å². The maximum atomic E-state index is 14.2. The first-order chi connectivity index (χ1) is 16.4. The molecule has 3 atom stereocenters. The number of carbonyl (C=O) groups is 3. The number of ketones is 3. The highest BCUT2D eigenvalue weighted by molar-refractivity contribution is 6.33. The average molecular weight is 488 g/mol. The van der Waals surface area contributed by atoms with Crippen LogP contribution in [0.1, 0.15) is 44.7 Å². The van der Waals surface area contributed by atoms with Crippen LogP contribution >= 0.6 is 23.2 Å². The van der Waals surface area contributed by atoms with Crippen molar-refractivity contribution < 1.29 is 14.4 Å². The Morgan fingerprint density at radius 1 is 0.882 bits per heavy atom. The summed E-state index contributed by atoms with van der Waals surface area (Å²) < 4.78 is 0. The smallest absolute Gasteiger partial charge is 0.180 e. The summed E-state index contributed by atoms with van der Waals surface area (Å²) in [6, 6.07) is 18.2. The van der Waals surface area contributed by atoms with E-state index >= 15 is 0 Å². The molecule has 1 fully saturated rings. The van der Waals surface area contributed by atoms with E-state index in [1.54, 1.807) is 42.5 Å². The van der Waals surface area contributed by atoms with Crippen LogP contribution in [0, 0.1) is 5.41 Å². The maximum Gasteiger partial charge on any atom is 0.180 e. The second-order valence-electron chi connectivity index (χ2n) is 9.07. The third-order valence-corrected chi connectivity index (χ3v) is 7.90. The molecule has 2 aliphatic heterocycles. The summed E-state index contributed by atoms with van der Waals surface area (Å²) in [5.74, 6) is -1.29. The standard InChI is InChI=1S/C28H19Cl2NO3/c1-15(32)25-24(16-6-9-18(29)10-7-16)28(26(33)20-4-2-3-5-21(20)27(28)34)23-13-8-17-14-19(30)11-12-22(17)31(23)25/h2-14,23-25H,1H3. The van der Waals surface area contributed by atoms with Gasteiger partial charge in [-0.25, -0.2) is 0 Å². The molecule has 0 saturated carbocycles. The zero-order valence-corrected chi connectivity index (χ0v) is 19.7. The molecule has 1 aliphatic carbocycles. The highest BCUT2D eigenvalue weighted by Gasteiger charge is 2.71. The monoisotopic (exact) mass is 487 g/mol. The fourth-order valence-electron chi connectivity index (χ4n) is 6.14. The van der Waals surface area contributed by atoms with Gasteiger partial charge in [0, 0.05) is 32.8 Å². The average Bonchev–Trinajstić information content (AvgIpc) is 3.26. The molecule has 2 heterocycles. The Morgan fingerprint density at radius 2 is 1.50 bits per heavy atom. The third-order valence-electron chi connectivity index (χ3n) is 7.41. The molecule has 1 saturated heterocycles. The lowest BCUT2D eigenvalue weighted by molar-refractivity contribution is -0.118. The normalized spacial score (nSPS) is 23.7. The minimum absolute atomic E-state index is 0.116. The summed E-state index contributed by atoms with van der Waals surface area (Å²) in [5, 5.41) is 1.12. The van der Waals surface area contributed by atoms with E-state index < -0.39 is 23.4 Å². The highest BCUT2D eigenvalue weighted by atomic mass is 35.5. The Labute approximate surface area is 206 Å². The predicted molar refractivity (Wildman–Crippen MR) is 133 cm³/mol. The van der Waals surface area contributed by atoms with Crippen LogP contribution in [0.3, 0.4) is 0 Å². The SMILES string of the molecule is CC(=O)C1C(c2ccc(Cl)cc2)C2(C(=O)c3ccccc3C2=O)C2C=Cc3cc(Cl)ccc3N12. The van der Waals surface area contributed by atoms with Crippen LogP contribution in [0.4, 0.5) is 5.69 Å². The number of carbonyl (C=O) groups excluding carboxylic acids is 3. The van der Waals surface area contributed by atoms with Crippen LogP contribution in [0.2, 0.25) is 10.0 Å². The van der Waals surface area contributed by atoms with E-state index in [2.05, 4.69) is 0 Å². The minimum Gasteiger partial charge on any atom is -0.352 e. The lowest BCUT2D eigenvalue weighted by Crippen LogP contribution is -2.48. The topological polar surface area (TPSA) is 54.5 Å². The Hall–Kier alpha value is -3.21. The van der Waals surface area contributed by atoms with Crippen LogP contribution in [0.15, 0.2) is 72.8 Å². The molecule has 0 radical (unpaired) electrons. The quantitative estimate of drug-likeness (QED) is 0.415. The van der Waals surface area contributed by atoms with Gasteiger partial charge < -0.3 is 4.90 Å². The van der Waals surface area contributed by atoms with E-state index in [0.717, 1.165) is 16.8 Å². The van der Waals surface area contributed by atoms with Gasteiger partial charge in [-0.1, -0.05) is 71.8 Å². The molecule has 1 spiro atoms. The van der Waals surface area contributed by atoms with Gasteiger partial charge in [0.25, 0.3) is 0 Å². The van der Waals surface area contributed by atoms with Crippen molar-refractivity contribution in [2.45, 2.75) is 24.9 Å². The van der Waals surface area contributed by atoms with E-state index in [1.165, 1.54) is 6.92 Å². The van der Waals surface area contributed by atoms with Crippen molar-refractivity contribution >= 4 is 52.3 Å². The Kier molecular flexibility index (Phi) is 4.64. The van der Waals surface area contributed by atoms with Crippen molar-refractivity contribution in [3.63, 3.8) is 0 Å². The van der Waals surface area contributed by atoms with Crippen molar-refractivity contribution in [1.29, 1.82) is 0 Å². The zero-order valence-electron chi connectivity index (χ0n) is 18.2. The first-order valence-electron chi connectivity index (χ1n) is 11.1. The molecule has 0 bridgehead atoms. The molecule has 34 heavy (non-hydrogen) atoms. The number of hydrogen-bond donors (Lipinski definition) is 0. The minimum atomic E-state index is -1.47. The fourth-order valence-corrected chi connectivity index (χ4v) is 6.45. The van der Waals surface area contributed by atoms with Gasteiger partial charge >= 0.3 is 0 Å². The molecule has 168 valence electrons. The second-order valence-corrected chi connectivity index (χ2v) is 9.94. The summed E-state index contributed by atoms with van der Waals surface area (Å²) in [6.07, 6.45) is 3.78. The van der Waals surface area contributed by atoms with E-state index in [1.807, 2.05) is 41.3 Å². The molecule has 0 aromatic heterocycles. The van der Waals surface area contributed by atoms with E-state index in [0.29, 0.717) is 21.2 Å². The molecule has 4 nitrogen and oxygen atoms in total. The van der Waals surface area contributed by atoms with Crippen molar-refractivity contribution in [3.05, 3.63) is 105 Å². The summed E-state index contributed by atoms with van der Waals surface area (Å²) >= 11 is 12.4. The molecule has 6 rings (SSSR count). The molecular weight excluding hydrogens is 469 g/mol. The lowest BCUT2D eigenvalue weighted by atomic mass is 9.64. The van der Waals surface area contributed by atoms with Gasteiger partial charge in [-0.05, 0) is 48.4 Å². The van der Waals surface area contributed by atoms with E-state index in [-0.39, 0.29) is 17.3 Å². The second kappa shape index (κ2) is 7.39. The van der Waals surface area contributed by atoms with Crippen LogP contribution < -0.4 is 4.90 Å². The van der Waals surface area contributed by atoms with Crippen LogP contribution in [-0.2, 0) is 4.79 Å². The molecule has 3 aliphatic rings. The Bertz CT molecular complexity index is 1390. The van der Waals surface area contributed by atoms with Gasteiger partial charge in [-0.3, -0.25) is 14.4 Å². The van der Waals surface area contributed by atoms with Gasteiger partial charge in [0.05, 0.1) is 12.1 Å². The van der Waals surface area contributed by atoms with Crippen molar-refractivity contribution in [2.75, 3.05) is 4.90 Å². The van der Waals surface area contributed by atoms with Gasteiger partial charge in [0.2, 0.25) is 0 Å². The molecule has 3 unspecified atom stereocenters. The third kappa shape index (κ3) is 2.64. The van der Waals surface area contributed by atoms with E-state index in [9.17, 15) is 14.4 Å². The van der Waals surface area contributed by atoms with Crippen molar-refractivity contribution in [2.24, 2.45) is 5.41 Å². The first kappa shape index (κ1) is 21.3. The largest absolute Gasteiger partial charge is 0.352 e. The number of halogens is 2. The number of nitrogens with zero attached hydrogens (tertiary/aromatic N) is 1. The van der Waals surface area contributed by atoms with Crippen LogP contribution in [-0.4, -0.2) is 29.4 Å². The van der Waals surface area contributed by atoms with Gasteiger partial charge in [-0.15, -0.1) is 0 Å². The van der Waals surface area contributed by atoms with E-state index in [4.69, 9.17) is 23.2 Å². The Morgan fingerprint density at radius 3 is 2.12 bits per heavy atom. The fraction of sp³-hybridized carbons (Fsp3) is 0.179. The number of benzene rings is 3. The molecule has 6 heteroatoms. The molecule has 0 N–H and O–H groups in total. The van der Waals surface area contributed by atoms with Crippen molar-refractivity contribution in [1.82, 2.24) is 0 Å². The van der Waals surface area contributed by atoms with Crippen molar-refractivity contribution in [3.8, 4) is 0 Å². The summed E-state index contributed by atoms with van der Waals surface area (Å²) in [7, 11) is 0. The number of rotatable bonds is 2. The van der Waals surface area contributed by atoms with Crippen LogP contribution in [0.25, 0.3) is 6.08 Å². The molecular formula is C28H19Cl2NO3. The predicted octanol–water partition coefficient (Wildman–Crippen LogP) is 6.02. The number of fused-ring (bicyclic) bond motifs is 5. The summed E-state index contributed by atoms with van der Waals surface area (Å²) in [4.78, 5) is 43.7. The van der Waals surface area contributed by atoms with Crippen LogP contribution in [0.5, 0.6) is 0 Å².